The molecule has 29 heavy (non-hydrogen) atoms. The van der Waals surface area contributed by atoms with E-state index in [0.29, 0.717) is 5.02 Å². The number of amides is 2. The van der Waals surface area contributed by atoms with Gasteiger partial charge in [-0.15, -0.1) is 0 Å². The lowest BCUT2D eigenvalue weighted by Crippen LogP contribution is -2.43. The summed E-state index contributed by atoms with van der Waals surface area (Å²) >= 11 is 5.87. The van der Waals surface area contributed by atoms with Gasteiger partial charge in [0.2, 0.25) is 0 Å². The van der Waals surface area contributed by atoms with E-state index in [4.69, 9.17) is 30.5 Å². The highest BCUT2D eigenvalue weighted by Gasteiger charge is 2.21. The molecule has 0 fully saturated rings. The molecule has 10 heteroatoms. The van der Waals surface area contributed by atoms with Crippen LogP contribution < -0.4 is 25.1 Å². The number of hydrazine groups is 1. The molecule has 0 spiro atoms. The van der Waals surface area contributed by atoms with Crippen LogP contribution in [0.3, 0.4) is 0 Å². The SMILES string of the molecule is COc1ccc(Cl)cc1C(=O)NNC(=O)COC(=O)c1c(OC)cccc1OC. The first kappa shape index (κ1) is 21.8. The van der Waals surface area contributed by atoms with Crippen molar-refractivity contribution in [1.29, 1.82) is 0 Å². The van der Waals surface area contributed by atoms with Crippen LogP contribution >= 0.6 is 11.6 Å². The number of rotatable bonds is 7. The summed E-state index contributed by atoms with van der Waals surface area (Å²) in [5, 5.41) is 0.321. The number of methoxy groups -OCH3 is 3. The second kappa shape index (κ2) is 10.2. The molecule has 0 bridgehead atoms. The van der Waals surface area contributed by atoms with Crippen molar-refractivity contribution >= 4 is 29.4 Å². The molecular formula is C19H19ClN2O7. The number of benzene rings is 2. The molecule has 0 unspecified atom stereocenters. The fraction of sp³-hybridized carbons (Fsp3) is 0.211. The van der Waals surface area contributed by atoms with Gasteiger partial charge in [0, 0.05) is 5.02 Å². The molecule has 154 valence electrons. The lowest BCUT2D eigenvalue weighted by atomic mass is 10.2. The summed E-state index contributed by atoms with van der Waals surface area (Å²) in [6, 6.07) is 9.20. The Morgan fingerprint density at radius 1 is 0.897 bits per heavy atom. The minimum absolute atomic E-state index is 0.0398. The van der Waals surface area contributed by atoms with Gasteiger partial charge >= 0.3 is 5.97 Å². The number of carbonyl (C=O) groups excluding carboxylic acids is 3. The van der Waals surface area contributed by atoms with E-state index in [9.17, 15) is 14.4 Å². The average molecular weight is 423 g/mol. The number of halogens is 1. The maximum Gasteiger partial charge on any atom is 0.346 e. The van der Waals surface area contributed by atoms with Crippen molar-refractivity contribution < 1.29 is 33.3 Å². The van der Waals surface area contributed by atoms with E-state index < -0.39 is 24.4 Å². The zero-order valence-electron chi connectivity index (χ0n) is 15.9. The standard InChI is InChI=1S/C19H19ClN2O7/c1-26-13-8-7-11(20)9-12(13)18(24)22-21-16(23)10-29-19(25)17-14(27-2)5-4-6-15(17)28-3/h4-9H,10H2,1-3H3,(H,21,23)(H,22,24). The average Bonchev–Trinajstić information content (AvgIpc) is 2.74. The van der Waals surface area contributed by atoms with Crippen LogP contribution in [0.25, 0.3) is 0 Å². The quantitative estimate of drug-likeness (QED) is 0.518. The van der Waals surface area contributed by atoms with Gasteiger partial charge in [-0.1, -0.05) is 17.7 Å². The summed E-state index contributed by atoms with van der Waals surface area (Å²) in [7, 11) is 4.17. The first-order chi connectivity index (χ1) is 13.9. The normalized spacial score (nSPS) is 9.93. The fourth-order valence-corrected chi connectivity index (χ4v) is 2.52. The number of carbonyl (C=O) groups is 3. The van der Waals surface area contributed by atoms with E-state index in [1.807, 2.05) is 0 Å². The van der Waals surface area contributed by atoms with E-state index in [2.05, 4.69) is 10.9 Å². The third kappa shape index (κ3) is 5.52. The Labute approximate surface area is 171 Å². The summed E-state index contributed by atoms with van der Waals surface area (Å²) < 4.78 is 20.3. The zero-order chi connectivity index (χ0) is 21.4. The smallest absolute Gasteiger partial charge is 0.346 e. The summed E-state index contributed by atoms with van der Waals surface area (Å²) in [6.07, 6.45) is 0. The van der Waals surface area contributed by atoms with Gasteiger partial charge in [0.05, 0.1) is 26.9 Å². The molecule has 0 saturated carbocycles. The van der Waals surface area contributed by atoms with Gasteiger partial charge in [-0.05, 0) is 30.3 Å². The third-order valence-electron chi connectivity index (χ3n) is 3.69. The van der Waals surface area contributed by atoms with Gasteiger partial charge in [-0.3, -0.25) is 20.4 Å². The van der Waals surface area contributed by atoms with Gasteiger partial charge in [-0.2, -0.15) is 0 Å². The van der Waals surface area contributed by atoms with Gasteiger partial charge in [0.15, 0.2) is 6.61 Å². The van der Waals surface area contributed by atoms with Crippen LogP contribution in [0.2, 0.25) is 5.02 Å². The van der Waals surface area contributed by atoms with Crippen molar-refractivity contribution in [3.63, 3.8) is 0 Å². The van der Waals surface area contributed by atoms with Gasteiger partial charge in [-0.25, -0.2) is 4.79 Å². The van der Waals surface area contributed by atoms with Crippen molar-refractivity contribution in [2.75, 3.05) is 27.9 Å². The van der Waals surface area contributed by atoms with Gasteiger partial charge in [0.25, 0.3) is 11.8 Å². The topological polar surface area (TPSA) is 112 Å². The molecule has 2 amide bonds. The van der Waals surface area contributed by atoms with E-state index in [1.165, 1.54) is 33.5 Å². The summed E-state index contributed by atoms with van der Waals surface area (Å²) in [5.74, 6) is -1.50. The first-order valence-electron chi connectivity index (χ1n) is 8.22. The Morgan fingerprint density at radius 2 is 1.52 bits per heavy atom. The lowest BCUT2D eigenvalue weighted by Gasteiger charge is -2.13. The molecule has 0 aliphatic carbocycles. The van der Waals surface area contributed by atoms with Crippen LogP contribution in [0.1, 0.15) is 20.7 Å². The number of hydrogen-bond donors (Lipinski definition) is 2. The van der Waals surface area contributed by atoms with Crippen LogP contribution in [0.5, 0.6) is 17.2 Å². The van der Waals surface area contributed by atoms with Crippen molar-refractivity contribution in [2.45, 2.75) is 0 Å². The summed E-state index contributed by atoms with van der Waals surface area (Å²) in [5.41, 5.74) is 4.49. The second-order valence-electron chi connectivity index (χ2n) is 5.46. The Bertz CT molecular complexity index is 895. The molecule has 0 aromatic heterocycles. The number of ether oxygens (including phenoxy) is 4. The predicted molar refractivity (Wildman–Crippen MR) is 103 cm³/mol. The van der Waals surface area contributed by atoms with E-state index in [0.717, 1.165) is 0 Å². The zero-order valence-corrected chi connectivity index (χ0v) is 16.7. The summed E-state index contributed by atoms with van der Waals surface area (Å²) in [6.45, 7) is -0.646. The van der Waals surface area contributed by atoms with Crippen LogP contribution in [0, 0.1) is 0 Å². The van der Waals surface area contributed by atoms with Gasteiger partial charge < -0.3 is 18.9 Å². The molecule has 9 nitrogen and oxygen atoms in total. The molecular weight excluding hydrogens is 404 g/mol. The monoisotopic (exact) mass is 422 g/mol. The molecule has 0 heterocycles. The summed E-state index contributed by atoms with van der Waals surface area (Å²) in [4.78, 5) is 36.4. The minimum Gasteiger partial charge on any atom is -0.496 e. The molecule has 2 rings (SSSR count). The highest BCUT2D eigenvalue weighted by atomic mass is 35.5. The van der Waals surface area contributed by atoms with Gasteiger partial charge in [0.1, 0.15) is 22.8 Å². The van der Waals surface area contributed by atoms with Crippen LogP contribution in [-0.4, -0.2) is 45.7 Å². The minimum atomic E-state index is -0.822. The molecule has 2 N–H and O–H groups in total. The van der Waals surface area contributed by atoms with Crippen LogP contribution in [-0.2, 0) is 9.53 Å². The first-order valence-corrected chi connectivity index (χ1v) is 8.59. The van der Waals surface area contributed by atoms with Crippen LogP contribution in [0.15, 0.2) is 36.4 Å². The second-order valence-corrected chi connectivity index (χ2v) is 5.90. The molecule has 0 aliphatic rings. The Balaban J connectivity index is 1.95. The number of nitrogens with one attached hydrogen (secondary N) is 2. The largest absolute Gasteiger partial charge is 0.496 e. The third-order valence-corrected chi connectivity index (χ3v) is 3.92. The van der Waals surface area contributed by atoms with Crippen molar-refractivity contribution in [3.8, 4) is 17.2 Å². The molecule has 0 saturated heterocycles. The van der Waals surface area contributed by atoms with E-state index in [1.54, 1.807) is 24.3 Å². The molecule has 0 atom stereocenters. The number of esters is 1. The van der Waals surface area contributed by atoms with Crippen LogP contribution in [0.4, 0.5) is 0 Å². The lowest BCUT2D eigenvalue weighted by molar-refractivity contribution is -0.125. The Hall–Kier alpha value is -3.46. The molecule has 2 aromatic rings. The Morgan fingerprint density at radius 3 is 2.10 bits per heavy atom. The fourth-order valence-electron chi connectivity index (χ4n) is 2.34. The maximum atomic E-state index is 12.3. The van der Waals surface area contributed by atoms with Crippen molar-refractivity contribution in [2.24, 2.45) is 0 Å². The highest BCUT2D eigenvalue weighted by molar-refractivity contribution is 6.31. The maximum absolute atomic E-state index is 12.3. The Kier molecular flexibility index (Phi) is 7.67. The highest BCUT2D eigenvalue weighted by Crippen LogP contribution is 2.28. The van der Waals surface area contributed by atoms with Crippen molar-refractivity contribution in [1.82, 2.24) is 10.9 Å². The predicted octanol–water partition coefficient (Wildman–Crippen LogP) is 1.98. The number of hydrogen-bond acceptors (Lipinski definition) is 7. The van der Waals surface area contributed by atoms with E-state index in [-0.39, 0.29) is 28.4 Å². The van der Waals surface area contributed by atoms with E-state index >= 15 is 0 Å². The molecule has 2 aromatic carbocycles. The van der Waals surface area contributed by atoms with Crippen molar-refractivity contribution in [3.05, 3.63) is 52.5 Å². The molecule has 0 aliphatic heterocycles. The molecule has 0 radical (unpaired) electrons.